The summed E-state index contributed by atoms with van der Waals surface area (Å²) in [5.74, 6) is 0.778. The fourth-order valence-corrected chi connectivity index (χ4v) is 1.26. The Morgan fingerprint density at radius 2 is 1.93 bits per heavy atom. The molecule has 0 aromatic heterocycles. The van der Waals surface area contributed by atoms with Crippen LogP contribution in [0.25, 0.3) is 0 Å². The number of phenolic OH excluding ortho intramolecular Hbond substituents is 1. The molecule has 0 aliphatic rings. The molecular formula is C12H18O2. The van der Waals surface area contributed by atoms with E-state index >= 15 is 0 Å². The summed E-state index contributed by atoms with van der Waals surface area (Å²) in [5, 5.41) is 9.66. The third-order valence-corrected chi connectivity index (χ3v) is 2.12. The fourth-order valence-electron chi connectivity index (χ4n) is 1.26. The molecule has 78 valence electrons. The first-order chi connectivity index (χ1) is 6.45. The van der Waals surface area contributed by atoms with Gasteiger partial charge < -0.3 is 9.84 Å². The van der Waals surface area contributed by atoms with Crippen molar-refractivity contribution in [2.24, 2.45) is 0 Å². The van der Waals surface area contributed by atoms with E-state index in [0.29, 0.717) is 12.4 Å². The average molecular weight is 194 g/mol. The SMILES string of the molecule is CCOc1ccc(C(C)(C)C)cc1O. The highest BCUT2D eigenvalue weighted by Crippen LogP contribution is 2.32. The zero-order chi connectivity index (χ0) is 10.8. The number of hydrogen-bond donors (Lipinski definition) is 1. The summed E-state index contributed by atoms with van der Waals surface area (Å²) in [5.41, 5.74) is 1.17. The third kappa shape index (κ3) is 2.41. The van der Waals surface area contributed by atoms with Gasteiger partial charge in [0.15, 0.2) is 11.5 Å². The molecule has 0 unspecified atom stereocenters. The Balaban J connectivity index is 3.01. The summed E-state index contributed by atoms with van der Waals surface area (Å²) in [4.78, 5) is 0. The minimum Gasteiger partial charge on any atom is -0.504 e. The number of aromatic hydroxyl groups is 1. The van der Waals surface area contributed by atoms with Crippen LogP contribution in [-0.2, 0) is 5.41 Å². The Morgan fingerprint density at radius 1 is 1.29 bits per heavy atom. The molecule has 2 heteroatoms. The number of phenols is 1. The van der Waals surface area contributed by atoms with Gasteiger partial charge in [-0.05, 0) is 30.0 Å². The third-order valence-electron chi connectivity index (χ3n) is 2.12. The number of ether oxygens (including phenoxy) is 1. The molecule has 14 heavy (non-hydrogen) atoms. The van der Waals surface area contributed by atoms with Gasteiger partial charge in [-0.1, -0.05) is 26.8 Å². The maximum atomic E-state index is 9.66. The van der Waals surface area contributed by atoms with Crippen molar-refractivity contribution in [3.8, 4) is 11.5 Å². The Hall–Kier alpha value is -1.18. The van der Waals surface area contributed by atoms with Crippen LogP contribution >= 0.6 is 0 Å². The number of benzene rings is 1. The van der Waals surface area contributed by atoms with Crippen LogP contribution in [0.15, 0.2) is 18.2 Å². The summed E-state index contributed by atoms with van der Waals surface area (Å²) >= 11 is 0. The molecule has 0 heterocycles. The zero-order valence-corrected chi connectivity index (χ0v) is 9.29. The predicted molar refractivity (Wildman–Crippen MR) is 58.0 cm³/mol. The summed E-state index contributed by atoms with van der Waals surface area (Å²) in [6.45, 7) is 8.81. The molecule has 1 aromatic rings. The van der Waals surface area contributed by atoms with Gasteiger partial charge in [-0.2, -0.15) is 0 Å². The lowest BCUT2D eigenvalue weighted by Crippen LogP contribution is -2.10. The maximum Gasteiger partial charge on any atom is 0.160 e. The van der Waals surface area contributed by atoms with Crippen LogP contribution in [0.5, 0.6) is 11.5 Å². The van der Waals surface area contributed by atoms with Crippen LogP contribution in [0.4, 0.5) is 0 Å². The van der Waals surface area contributed by atoms with Crippen molar-refractivity contribution in [2.75, 3.05) is 6.61 Å². The van der Waals surface area contributed by atoms with Gasteiger partial charge in [0.1, 0.15) is 0 Å². The van der Waals surface area contributed by atoms with Crippen molar-refractivity contribution in [3.63, 3.8) is 0 Å². The molecule has 0 aliphatic heterocycles. The summed E-state index contributed by atoms with van der Waals surface area (Å²) < 4.78 is 5.25. The van der Waals surface area contributed by atoms with Crippen LogP contribution in [0.1, 0.15) is 33.3 Å². The van der Waals surface area contributed by atoms with E-state index in [2.05, 4.69) is 20.8 Å². The zero-order valence-electron chi connectivity index (χ0n) is 9.29. The number of hydrogen-bond acceptors (Lipinski definition) is 2. The van der Waals surface area contributed by atoms with E-state index in [1.165, 1.54) is 0 Å². The van der Waals surface area contributed by atoms with Crippen molar-refractivity contribution in [2.45, 2.75) is 33.1 Å². The molecule has 0 amide bonds. The molecule has 0 spiro atoms. The van der Waals surface area contributed by atoms with Crippen molar-refractivity contribution in [1.29, 1.82) is 0 Å². The maximum absolute atomic E-state index is 9.66. The first kappa shape index (κ1) is 10.9. The largest absolute Gasteiger partial charge is 0.504 e. The van der Waals surface area contributed by atoms with Gasteiger partial charge in [0.25, 0.3) is 0 Å². The Bertz CT molecular complexity index is 311. The minimum absolute atomic E-state index is 0.0578. The van der Waals surface area contributed by atoms with E-state index in [1.807, 2.05) is 19.1 Å². The lowest BCUT2D eigenvalue weighted by molar-refractivity contribution is 0.317. The van der Waals surface area contributed by atoms with Crippen molar-refractivity contribution < 1.29 is 9.84 Å². The molecule has 0 aliphatic carbocycles. The summed E-state index contributed by atoms with van der Waals surface area (Å²) in [6.07, 6.45) is 0. The van der Waals surface area contributed by atoms with E-state index in [4.69, 9.17) is 4.74 Å². The lowest BCUT2D eigenvalue weighted by Gasteiger charge is -2.19. The van der Waals surface area contributed by atoms with Gasteiger partial charge in [-0.25, -0.2) is 0 Å². The molecule has 1 aromatic carbocycles. The highest BCUT2D eigenvalue weighted by atomic mass is 16.5. The molecule has 0 saturated heterocycles. The predicted octanol–water partition coefficient (Wildman–Crippen LogP) is 3.09. The molecule has 2 nitrogen and oxygen atoms in total. The molecule has 0 fully saturated rings. The smallest absolute Gasteiger partial charge is 0.160 e. The molecule has 1 rings (SSSR count). The highest BCUT2D eigenvalue weighted by Gasteiger charge is 2.15. The number of rotatable bonds is 2. The van der Waals surface area contributed by atoms with E-state index in [9.17, 15) is 5.11 Å². The van der Waals surface area contributed by atoms with Crippen molar-refractivity contribution in [3.05, 3.63) is 23.8 Å². The first-order valence-electron chi connectivity index (χ1n) is 4.91. The van der Waals surface area contributed by atoms with Crippen molar-refractivity contribution in [1.82, 2.24) is 0 Å². The van der Waals surface area contributed by atoms with Gasteiger partial charge >= 0.3 is 0 Å². The van der Waals surface area contributed by atoms with E-state index in [1.54, 1.807) is 6.07 Å². The lowest BCUT2D eigenvalue weighted by atomic mass is 9.87. The highest BCUT2D eigenvalue weighted by molar-refractivity contribution is 5.43. The van der Waals surface area contributed by atoms with Crippen LogP contribution in [0.3, 0.4) is 0 Å². The van der Waals surface area contributed by atoms with Gasteiger partial charge in [0.2, 0.25) is 0 Å². The second kappa shape index (κ2) is 3.91. The Labute approximate surface area is 85.5 Å². The fraction of sp³-hybridized carbons (Fsp3) is 0.500. The van der Waals surface area contributed by atoms with E-state index in [0.717, 1.165) is 5.56 Å². The molecule has 0 radical (unpaired) electrons. The van der Waals surface area contributed by atoms with Crippen LogP contribution in [-0.4, -0.2) is 11.7 Å². The summed E-state index contributed by atoms with van der Waals surface area (Å²) in [6, 6.07) is 5.58. The quantitative estimate of drug-likeness (QED) is 0.784. The average Bonchev–Trinajstić information content (AvgIpc) is 2.07. The summed E-state index contributed by atoms with van der Waals surface area (Å²) in [7, 11) is 0. The van der Waals surface area contributed by atoms with Gasteiger partial charge in [-0.3, -0.25) is 0 Å². The molecule has 0 saturated carbocycles. The molecule has 1 N–H and O–H groups in total. The second-order valence-corrected chi connectivity index (χ2v) is 4.37. The standard InChI is InChI=1S/C12H18O2/c1-5-14-11-7-6-9(8-10(11)13)12(2,3)4/h6-8,13H,5H2,1-4H3. The topological polar surface area (TPSA) is 29.5 Å². The van der Waals surface area contributed by atoms with E-state index < -0.39 is 0 Å². The monoisotopic (exact) mass is 194 g/mol. The van der Waals surface area contributed by atoms with Crippen LogP contribution < -0.4 is 4.74 Å². The second-order valence-electron chi connectivity index (χ2n) is 4.37. The van der Waals surface area contributed by atoms with Gasteiger partial charge in [0, 0.05) is 0 Å². The van der Waals surface area contributed by atoms with Crippen LogP contribution in [0, 0.1) is 0 Å². The van der Waals surface area contributed by atoms with Gasteiger partial charge in [-0.15, -0.1) is 0 Å². The molecular weight excluding hydrogens is 176 g/mol. The first-order valence-corrected chi connectivity index (χ1v) is 4.91. The van der Waals surface area contributed by atoms with Gasteiger partial charge in [0.05, 0.1) is 6.61 Å². The van der Waals surface area contributed by atoms with Crippen molar-refractivity contribution >= 4 is 0 Å². The van der Waals surface area contributed by atoms with E-state index in [-0.39, 0.29) is 11.2 Å². The van der Waals surface area contributed by atoms with Crippen LogP contribution in [0.2, 0.25) is 0 Å². The normalized spacial score (nSPS) is 11.4. The Morgan fingerprint density at radius 3 is 2.36 bits per heavy atom. The Kier molecular flexibility index (Phi) is 3.04. The molecule has 0 bridgehead atoms. The minimum atomic E-state index is 0.0578. The molecule has 0 atom stereocenters.